The number of ether oxygens (including phenoxy) is 1. The first-order valence-electron chi connectivity index (χ1n) is 6.24. The van der Waals surface area contributed by atoms with Crippen molar-refractivity contribution >= 4 is 11.8 Å². The van der Waals surface area contributed by atoms with Crippen LogP contribution in [-0.2, 0) is 14.3 Å². The minimum Gasteiger partial charge on any atom is -0.454 e. The van der Waals surface area contributed by atoms with Crippen molar-refractivity contribution < 1.29 is 19.4 Å². The molecule has 0 aromatic heterocycles. The number of carbonyl (C=O) groups excluding carboxylic acids is 2. The van der Waals surface area contributed by atoms with Gasteiger partial charge in [-0.1, -0.05) is 13.0 Å². The average molecular weight is 248 g/mol. The van der Waals surface area contributed by atoms with Gasteiger partial charge in [-0.05, 0) is 31.4 Å². The van der Waals surface area contributed by atoms with Gasteiger partial charge in [-0.15, -0.1) is 0 Å². The summed E-state index contributed by atoms with van der Waals surface area (Å²) >= 11 is 0. The summed E-state index contributed by atoms with van der Waals surface area (Å²) in [7, 11) is 0. The van der Waals surface area contributed by atoms with Crippen molar-refractivity contribution in [3.8, 4) is 0 Å². The Morgan fingerprint density at radius 1 is 1.44 bits per heavy atom. The third kappa shape index (κ3) is 1.35. The Kier molecular flexibility index (Phi) is 2.29. The fourth-order valence-electron chi connectivity index (χ4n) is 3.38. The van der Waals surface area contributed by atoms with Crippen molar-refractivity contribution in [2.45, 2.75) is 38.9 Å². The summed E-state index contributed by atoms with van der Waals surface area (Å²) < 4.78 is 5.32. The topological polar surface area (TPSA) is 63.6 Å². The van der Waals surface area contributed by atoms with E-state index in [0.29, 0.717) is 18.4 Å². The van der Waals surface area contributed by atoms with E-state index in [1.54, 1.807) is 13.0 Å². The van der Waals surface area contributed by atoms with Gasteiger partial charge in [0.2, 0.25) is 0 Å². The predicted octanol–water partition coefficient (Wildman–Crippen LogP) is 1.14. The zero-order valence-corrected chi connectivity index (χ0v) is 10.5. The van der Waals surface area contributed by atoms with E-state index in [1.165, 1.54) is 6.08 Å². The molecule has 4 atom stereocenters. The molecule has 1 aliphatic heterocycles. The molecule has 0 spiro atoms. The van der Waals surface area contributed by atoms with Crippen molar-refractivity contribution in [3.63, 3.8) is 0 Å². The third-order valence-corrected chi connectivity index (χ3v) is 4.73. The minimum absolute atomic E-state index is 0.0425. The Morgan fingerprint density at radius 2 is 2.17 bits per heavy atom. The van der Waals surface area contributed by atoms with E-state index in [9.17, 15) is 14.7 Å². The molecule has 3 aliphatic rings. The van der Waals surface area contributed by atoms with Crippen molar-refractivity contribution in [1.29, 1.82) is 0 Å². The quantitative estimate of drug-likeness (QED) is 0.653. The summed E-state index contributed by atoms with van der Waals surface area (Å²) in [5, 5.41) is 10.1. The van der Waals surface area contributed by atoms with Crippen LogP contribution in [0.5, 0.6) is 0 Å². The largest absolute Gasteiger partial charge is 0.454 e. The maximum atomic E-state index is 12.0. The monoisotopic (exact) mass is 248 g/mol. The molecule has 0 aromatic rings. The molecule has 3 rings (SSSR count). The molecular formula is C14H16O4. The molecule has 4 nitrogen and oxygen atoms in total. The number of allylic oxidation sites excluding steroid dienone is 1. The maximum absolute atomic E-state index is 12.0. The first-order chi connectivity index (χ1) is 8.43. The molecule has 1 heterocycles. The van der Waals surface area contributed by atoms with E-state index in [-0.39, 0.29) is 23.8 Å². The van der Waals surface area contributed by atoms with Crippen LogP contribution >= 0.6 is 0 Å². The molecule has 0 bridgehead atoms. The maximum Gasteiger partial charge on any atom is 0.334 e. The van der Waals surface area contributed by atoms with Gasteiger partial charge in [0.25, 0.3) is 0 Å². The van der Waals surface area contributed by atoms with E-state index in [0.717, 1.165) is 5.57 Å². The molecule has 4 heteroatoms. The van der Waals surface area contributed by atoms with Gasteiger partial charge in [-0.2, -0.15) is 0 Å². The highest BCUT2D eigenvalue weighted by atomic mass is 16.5. The standard InChI is InChI=1S/C14H16O4/c1-7-8-5-9-10(15)3-4-12(16)14(9,2)6-11(8)18-13(7)17/h3-4,9,11-12,16H,5-6H2,1-2H3. The van der Waals surface area contributed by atoms with Gasteiger partial charge in [0, 0.05) is 16.9 Å². The van der Waals surface area contributed by atoms with Crippen molar-refractivity contribution in [1.82, 2.24) is 0 Å². The fraction of sp³-hybridized carbons (Fsp3) is 0.571. The second-order valence-electron chi connectivity index (χ2n) is 5.72. The van der Waals surface area contributed by atoms with Crippen molar-refractivity contribution in [2.75, 3.05) is 0 Å². The highest BCUT2D eigenvalue weighted by Gasteiger charge is 2.53. The van der Waals surface area contributed by atoms with E-state index in [4.69, 9.17) is 4.74 Å². The molecule has 0 aromatic carbocycles. The lowest BCUT2D eigenvalue weighted by atomic mass is 9.58. The number of aliphatic hydroxyl groups is 1. The van der Waals surface area contributed by atoms with Gasteiger partial charge in [0.15, 0.2) is 5.78 Å². The average Bonchev–Trinajstić information content (AvgIpc) is 2.58. The third-order valence-electron chi connectivity index (χ3n) is 4.73. The zero-order chi connectivity index (χ0) is 13.1. The lowest BCUT2D eigenvalue weighted by molar-refractivity contribution is -0.145. The highest BCUT2D eigenvalue weighted by molar-refractivity contribution is 5.96. The van der Waals surface area contributed by atoms with Crippen LogP contribution in [0.1, 0.15) is 26.7 Å². The summed E-state index contributed by atoms with van der Waals surface area (Å²) in [5.41, 5.74) is 1.06. The first kappa shape index (κ1) is 11.7. The smallest absolute Gasteiger partial charge is 0.334 e. The highest BCUT2D eigenvalue weighted by Crippen LogP contribution is 2.51. The molecule has 4 unspecified atom stereocenters. The van der Waals surface area contributed by atoms with Crippen molar-refractivity contribution in [3.05, 3.63) is 23.3 Å². The van der Waals surface area contributed by atoms with E-state index in [1.807, 2.05) is 6.92 Å². The molecule has 1 saturated carbocycles. The van der Waals surface area contributed by atoms with Crippen molar-refractivity contribution in [2.24, 2.45) is 11.3 Å². The number of aliphatic hydroxyl groups excluding tert-OH is 1. The Balaban J connectivity index is 2.03. The van der Waals surface area contributed by atoms with Crippen LogP contribution in [-0.4, -0.2) is 29.1 Å². The van der Waals surface area contributed by atoms with Crippen LogP contribution in [0.2, 0.25) is 0 Å². The van der Waals surface area contributed by atoms with Crippen LogP contribution < -0.4 is 0 Å². The summed E-state index contributed by atoms with van der Waals surface area (Å²) in [6.45, 7) is 3.65. The molecule has 0 radical (unpaired) electrons. The van der Waals surface area contributed by atoms with E-state index >= 15 is 0 Å². The van der Waals surface area contributed by atoms with Gasteiger partial charge in [-0.3, -0.25) is 4.79 Å². The molecule has 1 N–H and O–H groups in total. The van der Waals surface area contributed by atoms with Crippen LogP contribution in [0.3, 0.4) is 0 Å². The Hall–Kier alpha value is -1.42. The second kappa shape index (κ2) is 3.54. The normalized spacial score (nSPS) is 42.7. The number of ketones is 1. The number of esters is 1. The predicted molar refractivity (Wildman–Crippen MR) is 63.6 cm³/mol. The molecule has 1 fully saturated rings. The van der Waals surface area contributed by atoms with Gasteiger partial charge in [0.1, 0.15) is 6.10 Å². The fourth-order valence-corrected chi connectivity index (χ4v) is 3.38. The summed E-state index contributed by atoms with van der Waals surface area (Å²) in [6, 6.07) is 0. The summed E-state index contributed by atoms with van der Waals surface area (Å²) in [6.07, 6.45) is 3.16. The summed E-state index contributed by atoms with van der Waals surface area (Å²) in [5.74, 6) is -0.485. The number of hydrogen-bond acceptors (Lipinski definition) is 4. The molecule has 2 aliphatic carbocycles. The number of rotatable bonds is 0. The summed E-state index contributed by atoms with van der Waals surface area (Å²) in [4.78, 5) is 23.6. The van der Waals surface area contributed by atoms with E-state index < -0.39 is 11.5 Å². The van der Waals surface area contributed by atoms with Gasteiger partial charge in [0.05, 0.1) is 6.10 Å². The molecule has 0 amide bonds. The van der Waals surface area contributed by atoms with E-state index in [2.05, 4.69) is 0 Å². The Morgan fingerprint density at radius 3 is 2.89 bits per heavy atom. The zero-order valence-electron chi connectivity index (χ0n) is 10.5. The van der Waals surface area contributed by atoms with Crippen LogP contribution in [0, 0.1) is 11.3 Å². The first-order valence-corrected chi connectivity index (χ1v) is 6.24. The molecular weight excluding hydrogens is 232 g/mol. The van der Waals surface area contributed by atoms with Crippen LogP contribution in [0.25, 0.3) is 0 Å². The lowest BCUT2D eigenvalue weighted by Crippen LogP contribution is -2.50. The Bertz CT molecular complexity index is 502. The Labute approximate surface area is 105 Å². The van der Waals surface area contributed by atoms with Gasteiger partial charge < -0.3 is 9.84 Å². The molecule has 96 valence electrons. The van der Waals surface area contributed by atoms with Gasteiger partial charge in [-0.25, -0.2) is 4.79 Å². The second-order valence-corrected chi connectivity index (χ2v) is 5.72. The SMILES string of the molecule is CC1=C2CC3C(=O)C=CC(O)C3(C)CC2OC1=O. The number of hydrogen-bond donors (Lipinski definition) is 1. The van der Waals surface area contributed by atoms with Crippen LogP contribution in [0.4, 0.5) is 0 Å². The molecule has 18 heavy (non-hydrogen) atoms. The van der Waals surface area contributed by atoms with Crippen LogP contribution in [0.15, 0.2) is 23.3 Å². The van der Waals surface area contributed by atoms with Gasteiger partial charge >= 0.3 is 5.97 Å². The lowest BCUT2D eigenvalue weighted by Gasteiger charge is -2.46. The molecule has 0 saturated heterocycles. The number of carbonyl (C=O) groups is 2. The minimum atomic E-state index is -0.652. The number of fused-ring (bicyclic) bond motifs is 2.